The lowest BCUT2D eigenvalue weighted by Crippen LogP contribution is -2.13. The molecule has 0 saturated heterocycles. The third-order valence-electron chi connectivity index (χ3n) is 2.94. The molecule has 0 fully saturated rings. The van der Waals surface area contributed by atoms with Crippen molar-refractivity contribution in [3.63, 3.8) is 0 Å². The molecule has 18 heavy (non-hydrogen) atoms. The van der Waals surface area contributed by atoms with E-state index in [4.69, 9.17) is 9.47 Å². The molecule has 0 amide bonds. The summed E-state index contributed by atoms with van der Waals surface area (Å²) >= 11 is 0. The number of rotatable bonds is 8. The summed E-state index contributed by atoms with van der Waals surface area (Å²) < 4.78 is 11.2. The van der Waals surface area contributed by atoms with E-state index in [1.807, 2.05) is 13.8 Å². The van der Waals surface area contributed by atoms with Crippen molar-refractivity contribution in [1.29, 1.82) is 0 Å². The second-order valence-electron chi connectivity index (χ2n) is 4.76. The van der Waals surface area contributed by atoms with Crippen LogP contribution in [0.15, 0.2) is 24.3 Å². The van der Waals surface area contributed by atoms with E-state index in [1.165, 1.54) is 11.1 Å². The molecule has 0 saturated carbocycles. The SMILES string of the molecule is CCOC(C)Cc1cccc(CC(C)OCC)c1. The van der Waals surface area contributed by atoms with Crippen LogP contribution in [0.3, 0.4) is 0 Å². The van der Waals surface area contributed by atoms with E-state index in [9.17, 15) is 0 Å². The standard InChI is InChI=1S/C16H26O2/c1-5-17-13(3)10-15-8-7-9-16(12-15)11-14(4)18-6-2/h7-9,12-14H,5-6,10-11H2,1-4H3. The smallest absolute Gasteiger partial charge is 0.0587 e. The van der Waals surface area contributed by atoms with E-state index >= 15 is 0 Å². The molecule has 2 atom stereocenters. The highest BCUT2D eigenvalue weighted by Crippen LogP contribution is 2.12. The molecule has 2 unspecified atom stereocenters. The summed E-state index contributed by atoms with van der Waals surface area (Å²) in [6.07, 6.45) is 2.53. The Labute approximate surface area is 111 Å². The molecule has 0 heterocycles. The van der Waals surface area contributed by atoms with E-state index in [0.717, 1.165) is 26.1 Å². The minimum absolute atomic E-state index is 0.287. The van der Waals surface area contributed by atoms with Crippen molar-refractivity contribution < 1.29 is 9.47 Å². The van der Waals surface area contributed by atoms with Crippen LogP contribution in [0.1, 0.15) is 38.8 Å². The van der Waals surface area contributed by atoms with Crippen LogP contribution in [0, 0.1) is 0 Å². The van der Waals surface area contributed by atoms with Crippen molar-refractivity contribution in [1.82, 2.24) is 0 Å². The third-order valence-corrected chi connectivity index (χ3v) is 2.94. The highest BCUT2D eigenvalue weighted by molar-refractivity contribution is 5.24. The molecule has 0 aliphatic rings. The predicted molar refractivity (Wildman–Crippen MR) is 76.0 cm³/mol. The van der Waals surface area contributed by atoms with Crippen molar-refractivity contribution in [2.75, 3.05) is 13.2 Å². The lowest BCUT2D eigenvalue weighted by atomic mass is 10.0. The predicted octanol–water partition coefficient (Wildman–Crippen LogP) is 3.62. The Hall–Kier alpha value is -0.860. The van der Waals surface area contributed by atoms with E-state index in [0.29, 0.717) is 0 Å². The second kappa shape index (κ2) is 8.28. The van der Waals surface area contributed by atoms with Crippen LogP contribution in [-0.4, -0.2) is 25.4 Å². The zero-order valence-electron chi connectivity index (χ0n) is 12.1. The summed E-state index contributed by atoms with van der Waals surface area (Å²) in [5.41, 5.74) is 2.69. The maximum Gasteiger partial charge on any atom is 0.0587 e. The molecule has 1 rings (SSSR count). The second-order valence-corrected chi connectivity index (χ2v) is 4.76. The highest BCUT2D eigenvalue weighted by atomic mass is 16.5. The van der Waals surface area contributed by atoms with Gasteiger partial charge < -0.3 is 9.47 Å². The number of ether oxygens (including phenoxy) is 2. The van der Waals surface area contributed by atoms with Crippen LogP contribution < -0.4 is 0 Å². The topological polar surface area (TPSA) is 18.5 Å². The Morgan fingerprint density at radius 3 is 1.72 bits per heavy atom. The fourth-order valence-electron chi connectivity index (χ4n) is 2.23. The zero-order chi connectivity index (χ0) is 13.4. The molecule has 2 heteroatoms. The fourth-order valence-corrected chi connectivity index (χ4v) is 2.23. The Morgan fingerprint density at radius 1 is 0.889 bits per heavy atom. The van der Waals surface area contributed by atoms with Gasteiger partial charge in [0.05, 0.1) is 12.2 Å². The first kappa shape index (κ1) is 15.2. The first-order valence-electron chi connectivity index (χ1n) is 6.96. The molecule has 0 spiro atoms. The van der Waals surface area contributed by atoms with E-state index in [2.05, 4.69) is 38.1 Å². The number of benzene rings is 1. The van der Waals surface area contributed by atoms with E-state index in [1.54, 1.807) is 0 Å². The van der Waals surface area contributed by atoms with Gasteiger partial charge in [0.1, 0.15) is 0 Å². The minimum Gasteiger partial charge on any atom is -0.378 e. The Balaban J connectivity index is 2.56. The summed E-state index contributed by atoms with van der Waals surface area (Å²) in [6.45, 7) is 9.88. The molecular formula is C16H26O2. The maximum atomic E-state index is 5.58. The first-order chi connectivity index (χ1) is 8.65. The van der Waals surface area contributed by atoms with Gasteiger partial charge in [-0.05, 0) is 51.7 Å². The van der Waals surface area contributed by atoms with Crippen molar-refractivity contribution in [2.24, 2.45) is 0 Å². The summed E-state index contributed by atoms with van der Waals surface area (Å²) in [7, 11) is 0. The average Bonchev–Trinajstić information content (AvgIpc) is 2.29. The summed E-state index contributed by atoms with van der Waals surface area (Å²) in [5.74, 6) is 0. The molecule has 1 aromatic carbocycles. The van der Waals surface area contributed by atoms with Gasteiger partial charge in [0, 0.05) is 13.2 Å². The van der Waals surface area contributed by atoms with Gasteiger partial charge in [0.25, 0.3) is 0 Å². The van der Waals surface area contributed by atoms with Gasteiger partial charge in [-0.25, -0.2) is 0 Å². The normalized spacial score (nSPS) is 14.4. The summed E-state index contributed by atoms with van der Waals surface area (Å²) in [5, 5.41) is 0. The molecule has 102 valence electrons. The van der Waals surface area contributed by atoms with Crippen LogP contribution >= 0.6 is 0 Å². The van der Waals surface area contributed by atoms with Gasteiger partial charge in [-0.1, -0.05) is 24.3 Å². The molecule has 2 nitrogen and oxygen atoms in total. The van der Waals surface area contributed by atoms with Crippen LogP contribution in [0.4, 0.5) is 0 Å². The molecule has 0 radical (unpaired) electrons. The molecular weight excluding hydrogens is 224 g/mol. The van der Waals surface area contributed by atoms with Crippen molar-refractivity contribution in [3.05, 3.63) is 35.4 Å². The van der Waals surface area contributed by atoms with Gasteiger partial charge >= 0.3 is 0 Å². The van der Waals surface area contributed by atoms with Crippen LogP contribution in [0.5, 0.6) is 0 Å². The zero-order valence-corrected chi connectivity index (χ0v) is 12.1. The molecule has 0 aliphatic heterocycles. The molecule has 0 aliphatic carbocycles. The minimum atomic E-state index is 0.287. The Kier molecular flexibility index (Phi) is 6.99. The van der Waals surface area contributed by atoms with Crippen molar-refractivity contribution in [3.8, 4) is 0 Å². The lowest BCUT2D eigenvalue weighted by molar-refractivity contribution is 0.0760. The van der Waals surface area contributed by atoms with Crippen LogP contribution in [0.25, 0.3) is 0 Å². The van der Waals surface area contributed by atoms with E-state index in [-0.39, 0.29) is 12.2 Å². The molecule has 0 aromatic heterocycles. The van der Waals surface area contributed by atoms with Crippen molar-refractivity contribution >= 4 is 0 Å². The fraction of sp³-hybridized carbons (Fsp3) is 0.625. The van der Waals surface area contributed by atoms with Crippen molar-refractivity contribution in [2.45, 2.75) is 52.7 Å². The largest absolute Gasteiger partial charge is 0.378 e. The van der Waals surface area contributed by atoms with Crippen LogP contribution in [-0.2, 0) is 22.3 Å². The summed E-state index contributed by atoms with van der Waals surface area (Å²) in [6, 6.07) is 8.74. The Bertz CT molecular complexity index is 306. The molecule has 0 N–H and O–H groups in total. The van der Waals surface area contributed by atoms with Gasteiger partial charge in [0.15, 0.2) is 0 Å². The Morgan fingerprint density at radius 2 is 1.33 bits per heavy atom. The highest BCUT2D eigenvalue weighted by Gasteiger charge is 2.06. The van der Waals surface area contributed by atoms with Gasteiger partial charge in [-0.2, -0.15) is 0 Å². The molecule has 1 aromatic rings. The molecule has 0 bridgehead atoms. The third kappa shape index (κ3) is 5.65. The summed E-state index contributed by atoms with van der Waals surface area (Å²) in [4.78, 5) is 0. The van der Waals surface area contributed by atoms with Crippen LogP contribution in [0.2, 0.25) is 0 Å². The average molecular weight is 250 g/mol. The quantitative estimate of drug-likeness (QED) is 0.701. The maximum absolute atomic E-state index is 5.58. The van der Waals surface area contributed by atoms with Gasteiger partial charge in [0.2, 0.25) is 0 Å². The number of hydrogen-bond acceptors (Lipinski definition) is 2. The van der Waals surface area contributed by atoms with Gasteiger partial charge in [-0.15, -0.1) is 0 Å². The lowest BCUT2D eigenvalue weighted by Gasteiger charge is -2.14. The van der Waals surface area contributed by atoms with Gasteiger partial charge in [-0.3, -0.25) is 0 Å². The first-order valence-corrected chi connectivity index (χ1v) is 6.96. The number of hydrogen-bond donors (Lipinski definition) is 0. The van der Waals surface area contributed by atoms with E-state index < -0.39 is 0 Å². The monoisotopic (exact) mass is 250 g/mol.